The Kier molecular flexibility index (Phi) is 7.84. The molecule has 0 aromatic heterocycles. The van der Waals surface area contributed by atoms with Crippen LogP contribution in [-0.4, -0.2) is 53.7 Å². The lowest BCUT2D eigenvalue weighted by atomic mass is 10.1. The minimum Gasteiger partial charge on any atom is -0.379 e. The SMILES string of the molecule is CN(C)CCOCCNS(=O)(=O)Cc1ccc(CN)cc1. The minimum absolute atomic E-state index is 0.0322. The molecule has 120 valence electrons. The molecular weight excluding hydrogens is 290 g/mol. The molecule has 0 atom stereocenters. The molecule has 1 rings (SSSR count). The van der Waals surface area contributed by atoms with Gasteiger partial charge in [0, 0.05) is 19.6 Å². The van der Waals surface area contributed by atoms with Crippen molar-refractivity contribution in [3.8, 4) is 0 Å². The highest BCUT2D eigenvalue weighted by atomic mass is 32.2. The fourth-order valence-electron chi connectivity index (χ4n) is 1.66. The van der Waals surface area contributed by atoms with Gasteiger partial charge in [0.15, 0.2) is 0 Å². The van der Waals surface area contributed by atoms with E-state index in [1.807, 2.05) is 31.1 Å². The topological polar surface area (TPSA) is 84.7 Å². The summed E-state index contributed by atoms with van der Waals surface area (Å²) in [6.45, 7) is 2.53. The zero-order chi connectivity index (χ0) is 15.7. The highest BCUT2D eigenvalue weighted by Crippen LogP contribution is 2.07. The highest BCUT2D eigenvalue weighted by molar-refractivity contribution is 7.88. The Balaban J connectivity index is 2.29. The van der Waals surface area contributed by atoms with E-state index in [4.69, 9.17) is 10.5 Å². The van der Waals surface area contributed by atoms with Crippen LogP contribution < -0.4 is 10.5 Å². The fourth-order valence-corrected chi connectivity index (χ4v) is 2.79. The largest absolute Gasteiger partial charge is 0.379 e. The van der Waals surface area contributed by atoms with E-state index in [1.54, 1.807) is 12.1 Å². The van der Waals surface area contributed by atoms with E-state index < -0.39 is 10.0 Å². The summed E-state index contributed by atoms with van der Waals surface area (Å²) in [5, 5.41) is 0. The zero-order valence-electron chi connectivity index (χ0n) is 12.7. The van der Waals surface area contributed by atoms with Crippen molar-refractivity contribution in [2.24, 2.45) is 5.73 Å². The van der Waals surface area contributed by atoms with Gasteiger partial charge in [-0.1, -0.05) is 24.3 Å². The van der Waals surface area contributed by atoms with Crippen molar-refractivity contribution in [1.82, 2.24) is 9.62 Å². The molecule has 21 heavy (non-hydrogen) atoms. The average molecular weight is 315 g/mol. The quantitative estimate of drug-likeness (QED) is 0.600. The van der Waals surface area contributed by atoms with Crippen molar-refractivity contribution in [1.29, 1.82) is 0 Å². The van der Waals surface area contributed by atoms with Crippen LogP contribution in [0.4, 0.5) is 0 Å². The van der Waals surface area contributed by atoms with Gasteiger partial charge in [-0.25, -0.2) is 13.1 Å². The van der Waals surface area contributed by atoms with E-state index in [0.717, 1.165) is 17.7 Å². The van der Waals surface area contributed by atoms with Crippen molar-refractivity contribution in [2.75, 3.05) is 40.4 Å². The molecule has 0 aliphatic carbocycles. The van der Waals surface area contributed by atoms with Gasteiger partial charge in [-0.15, -0.1) is 0 Å². The maximum absolute atomic E-state index is 11.9. The van der Waals surface area contributed by atoms with Gasteiger partial charge in [-0.05, 0) is 25.2 Å². The Bertz CT molecular complexity index is 501. The maximum atomic E-state index is 11.9. The second-order valence-electron chi connectivity index (χ2n) is 5.09. The van der Waals surface area contributed by atoms with Gasteiger partial charge in [0.1, 0.15) is 0 Å². The van der Waals surface area contributed by atoms with Crippen LogP contribution in [0.25, 0.3) is 0 Å². The van der Waals surface area contributed by atoms with Crippen LogP contribution in [0.3, 0.4) is 0 Å². The predicted molar refractivity (Wildman–Crippen MR) is 84.3 cm³/mol. The first kappa shape index (κ1) is 18.1. The Morgan fingerprint density at radius 3 is 2.33 bits per heavy atom. The molecule has 1 aromatic carbocycles. The molecule has 6 nitrogen and oxygen atoms in total. The molecule has 0 saturated heterocycles. The summed E-state index contributed by atoms with van der Waals surface area (Å²) in [7, 11) is 0.591. The second-order valence-corrected chi connectivity index (χ2v) is 6.90. The van der Waals surface area contributed by atoms with E-state index in [1.165, 1.54) is 0 Å². The molecule has 0 spiro atoms. The number of hydrogen-bond acceptors (Lipinski definition) is 5. The van der Waals surface area contributed by atoms with E-state index in [9.17, 15) is 8.42 Å². The Morgan fingerprint density at radius 1 is 1.14 bits per heavy atom. The first-order valence-corrected chi connectivity index (χ1v) is 8.56. The molecule has 0 amide bonds. The highest BCUT2D eigenvalue weighted by Gasteiger charge is 2.10. The number of hydrogen-bond donors (Lipinski definition) is 2. The van der Waals surface area contributed by atoms with Crippen molar-refractivity contribution < 1.29 is 13.2 Å². The number of nitrogens with zero attached hydrogens (tertiary/aromatic N) is 1. The number of rotatable bonds is 10. The molecule has 3 N–H and O–H groups in total. The first-order valence-electron chi connectivity index (χ1n) is 6.90. The molecule has 0 aliphatic rings. The number of likely N-dealkylation sites (N-methyl/N-ethyl adjacent to an activating group) is 1. The minimum atomic E-state index is -3.33. The molecule has 0 fully saturated rings. The summed E-state index contributed by atoms with van der Waals surface area (Å²) < 4.78 is 31.7. The number of benzene rings is 1. The van der Waals surface area contributed by atoms with Gasteiger partial charge in [-0.3, -0.25) is 0 Å². The summed E-state index contributed by atoms with van der Waals surface area (Å²) in [6.07, 6.45) is 0. The molecule has 0 heterocycles. The molecule has 1 aromatic rings. The summed E-state index contributed by atoms with van der Waals surface area (Å²) >= 11 is 0. The van der Waals surface area contributed by atoms with Crippen LogP contribution in [0.5, 0.6) is 0 Å². The zero-order valence-corrected chi connectivity index (χ0v) is 13.5. The molecule has 0 aliphatic heterocycles. The van der Waals surface area contributed by atoms with Crippen molar-refractivity contribution in [2.45, 2.75) is 12.3 Å². The summed E-state index contributed by atoms with van der Waals surface area (Å²) in [5.74, 6) is -0.0322. The lowest BCUT2D eigenvalue weighted by molar-refractivity contribution is 0.122. The molecule has 0 unspecified atom stereocenters. The third kappa shape index (κ3) is 8.13. The van der Waals surface area contributed by atoms with Gasteiger partial charge >= 0.3 is 0 Å². The third-order valence-electron chi connectivity index (χ3n) is 2.87. The monoisotopic (exact) mass is 315 g/mol. The first-order chi connectivity index (χ1) is 9.93. The number of nitrogens with one attached hydrogen (secondary N) is 1. The van der Waals surface area contributed by atoms with Gasteiger partial charge in [0.05, 0.1) is 19.0 Å². The smallest absolute Gasteiger partial charge is 0.215 e. The third-order valence-corrected chi connectivity index (χ3v) is 4.22. The molecule has 7 heteroatoms. The van der Waals surface area contributed by atoms with Crippen LogP contribution in [-0.2, 0) is 27.1 Å². The van der Waals surface area contributed by atoms with Crippen molar-refractivity contribution >= 4 is 10.0 Å². The van der Waals surface area contributed by atoms with Crippen LogP contribution in [0, 0.1) is 0 Å². The van der Waals surface area contributed by atoms with Gasteiger partial charge in [0.2, 0.25) is 10.0 Å². The van der Waals surface area contributed by atoms with Crippen LogP contribution in [0.2, 0.25) is 0 Å². The van der Waals surface area contributed by atoms with E-state index >= 15 is 0 Å². The lowest BCUT2D eigenvalue weighted by Crippen LogP contribution is -2.29. The second kappa shape index (κ2) is 9.11. The normalized spacial score (nSPS) is 12.0. The van der Waals surface area contributed by atoms with Crippen molar-refractivity contribution in [3.63, 3.8) is 0 Å². The van der Waals surface area contributed by atoms with E-state index in [-0.39, 0.29) is 12.3 Å². The standard InChI is InChI=1S/C14H25N3O3S/c1-17(2)8-10-20-9-7-16-21(18,19)12-14-5-3-13(11-15)4-6-14/h3-6,16H,7-12,15H2,1-2H3. The van der Waals surface area contributed by atoms with Gasteiger partial charge < -0.3 is 15.4 Å². The number of sulfonamides is 1. The summed E-state index contributed by atoms with van der Waals surface area (Å²) in [5.41, 5.74) is 7.23. The molecule has 0 radical (unpaired) electrons. The van der Waals surface area contributed by atoms with E-state index in [0.29, 0.717) is 19.8 Å². The number of nitrogens with two attached hydrogens (primary N) is 1. The van der Waals surface area contributed by atoms with Gasteiger partial charge in [0.25, 0.3) is 0 Å². The fraction of sp³-hybridized carbons (Fsp3) is 0.571. The molecular formula is C14H25N3O3S. The maximum Gasteiger partial charge on any atom is 0.215 e. The molecule has 0 bridgehead atoms. The van der Waals surface area contributed by atoms with Crippen LogP contribution >= 0.6 is 0 Å². The van der Waals surface area contributed by atoms with Crippen LogP contribution in [0.1, 0.15) is 11.1 Å². The van der Waals surface area contributed by atoms with Crippen LogP contribution in [0.15, 0.2) is 24.3 Å². The summed E-state index contributed by atoms with van der Waals surface area (Å²) in [4.78, 5) is 2.01. The Labute approximate surface area is 127 Å². The van der Waals surface area contributed by atoms with E-state index in [2.05, 4.69) is 4.72 Å². The summed E-state index contributed by atoms with van der Waals surface area (Å²) in [6, 6.07) is 7.26. The Morgan fingerprint density at radius 2 is 1.76 bits per heavy atom. The lowest BCUT2D eigenvalue weighted by Gasteiger charge is -2.10. The number of ether oxygens (including phenoxy) is 1. The molecule has 0 saturated carbocycles. The van der Waals surface area contributed by atoms with Gasteiger partial charge in [-0.2, -0.15) is 0 Å². The predicted octanol–water partition coefficient (Wildman–Crippen LogP) is 0.143. The van der Waals surface area contributed by atoms with Crippen molar-refractivity contribution in [3.05, 3.63) is 35.4 Å². The Hall–Kier alpha value is -0.990. The average Bonchev–Trinajstić information content (AvgIpc) is 2.43.